The predicted molar refractivity (Wildman–Crippen MR) is 128 cm³/mol. The molecule has 6 nitrogen and oxygen atoms in total. The maximum atomic E-state index is 12.1. The lowest BCUT2D eigenvalue weighted by molar-refractivity contribution is -0.142. The molecule has 2 aromatic carbocycles. The van der Waals surface area contributed by atoms with Crippen molar-refractivity contribution in [2.75, 3.05) is 45.3 Å². The molecule has 0 aromatic heterocycles. The number of nitrogens with zero attached hydrogens (tertiary/aromatic N) is 2. The monoisotopic (exact) mass is 450 g/mol. The standard InChI is InChI=1S/C27H34N2O4/c1-31-24-11-10-23(22-17-27(33-26(22)24)12-6-7-13-27)29-15-14-28(19-25(30)32-2)21(18-29)16-20-8-4-3-5-9-20/h3-5,8-11,21H,6-7,12-19H2,1-2H3/t21-/m0/s1. The average Bonchev–Trinajstić information content (AvgIpc) is 3.46. The highest BCUT2D eigenvalue weighted by molar-refractivity contribution is 5.71. The molecule has 0 radical (unpaired) electrons. The fourth-order valence-corrected chi connectivity index (χ4v) is 5.84. The summed E-state index contributed by atoms with van der Waals surface area (Å²) in [5, 5.41) is 0. The summed E-state index contributed by atoms with van der Waals surface area (Å²) in [6.07, 6.45) is 6.56. The van der Waals surface area contributed by atoms with Gasteiger partial charge in [-0.1, -0.05) is 30.3 Å². The molecule has 3 aliphatic rings. The fraction of sp³-hybridized carbons (Fsp3) is 0.519. The van der Waals surface area contributed by atoms with E-state index in [-0.39, 0.29) is 17.6 Å². The SMILES string of the molecule is COC(=O)CN1CCN(c2ccc(OC)c3c2CC2(CCCC2)O3)C[C@@H]1Cc1ccccc1. The summed E-state index contributed by atoms with van der Waals surface area (Å²) in [5.74, 6) is 1.60. The maximum Gasteiger partial charge on any atom is 0.319 e. The lowest BCUT2D eigenvalue weighted by Gasteiger charge is -2.42. The van der Waals surface area contributed by atoms with Crippen LogP contribution in [0.5, 0.6) is 11.5 Å². The van der Waals surface area contributed by atoms with Crippen LogP contribution in [0.3, 0.4) is 0 Å². The highest BCUT2D eigenvalue weighted by atomic mass is 16.5. The van der Waals surface area contributed by atoms with Crippen LogP contribution in [0.4, 0.5) is 5.69 Å². The van der Waals surface area contributed by atoms with Crippen molar-refractivity contribution in [1.29, 1.82) is 0 Å². The van der Waals surface area contributed by atoms with E-state index in [9.17, 15) is 4.79 Å². The van der Waals surface area contributed by atoms with Gasteiger partial charge in [0.05, 0.1) is 20.8 Å². The Labute approximate surface area is 196 Å². The molecular weight excluding hydrogens is 416 g/mol. The number of anilines is 1. The molecule has 1 atom stereocenters. The van der Waals surface area contributed by atoms with Gasteiger partial charge in [-0.3, -0.25) is 9.69 Å². The van der Waals surface area contributed by atoms with Crippen molar-refractivity contribution in [3.05, 3.63) is 53.6 Å². The van der Waals surface area contributed by atoms with E-state index >= 15 is 0 Å². The van der Waals surface area contributed by atoms with Gasteiger partial charge in [0, 0.05) is 43.3 Å². The van der Waals surface area contributed by atoms with Crippen molar-refractivity contribution >= 4 is 11.7 Å². The molecule has 33 heavy (non-hydrogen) atoms. The third-order valence-corrected chi connectivity index (χ3v) is 7.57. The summed E-state index contributed by atoms with van der Waals surface area (Å²) in [7, 11) is 3.18. The molecule has 0 unspecified atom stereocenters. The van der Waals surface area contributed by atoms with Gasteiger partial charge in [0.1, 0.15) is 5.60 Å². The molecule has 5 rings (SSSR count). The van der Waals surface area contributed by atoms with Crippen molar-refractivity contribution in [3.8, 4) is 11.5 Å². The number of piperazine rings is 1. The summed E-state index contributed by atoms with van der Waals surface area (Å²) in [6.45, 7) is 2.87. The Bertz CT molecular complexity index is 987. The van der Waals surface area contributed by atoms with Crippen molar-refractivity contribution in [3.63, 3.8) is 0 Å². The van der Waals surface area contributed by atoms with Crippen LogP contribution in [-0.2, 0) is 22.4 Å². The van der Waals surface area contributed by atoms with Crippen LogP contribution in [0.1, 0.15) is 36.8 Å². The summed E-state index contributed by atoms with van der Waals surface area (Å²) in [4.78, 5) is 16.8. The lowest BCUT2D eigenvalue weighted by Crippen LogP contribution is -2.55. The third-order valence-electron chi connectivity index (χ3n) is 7.57. The largest absolute Gasteiger partial charge is 0.493 e. The first-order valence-corrected chi connectivity index (χ1v) is 12.1. The number of rotatable bonds is 6. The molecular formula is C27H34N2O4. The van der Waals surface area contributed by atoms with Crippen LogP contribution in [0, 0.1) is 0 Å². The smallest absolute Gasteiger partial charge is 0.319 e. The van der Waals surface area contributed by atoms with Crippen LogP contribution in [0.15, 0.2) is 42.5 Å². The van der Waals surface area contributed by atoms with Gasteiger partial charge in [-0.15, -0.1) is 0 Å². The van der Waals surface area contributed by atoms with Crippen LogP contribution < -0.4 is 14.4 Å². The van der Waals surface area contributed by atoms with Crippen LogP contribution >= 0.6 is 0 Å². The first kappa shape index (κ1) is 22.1. The van der Waals surface area contributed by atoms with Gasteiger partial charge in [-0.2, -0.15) is 0 Å². The first-order valence-electron chi connectivity index (χ1n) is 12.1. The zero-order valence-corrected chi connectivity index (χ0v) is 19.7. The topological polar surface area (TPSA) is 51.2 Å². The van der Waals surface area contributed by atoms with Crippen molar-refractivity contribution < 1.29 is 19.0 Å². The van der Waals surface area contributed by atoms with Gasteiger partial charge in [-0.05, 0) is 49.8 Å². The third kappa shape index (κ3) is 4.41. The molecule has 0 N–H and O–H groups in total. The summed E-state index contributed by atoms with van der Waals surface area (Å²) in [5.41, 5.74) is 3.77. The van der Waals surface area contributed by atoms with E-state index in [1.165, 1.54) is 36.8 Å². The van der Waals surface area contributed by atoms with E-state index in [2.05, 4.69) is 46.2 Å². The second-order valence-corrected chi connectivity index (χ2v) is 9.60. The van der Waals surface area contributed by atoms with E-state index < -0.39 is 0 Å². The maximum absolute atomic E-state index is 12.1. The Hall–Kier alpha value is -2.73. The predicted octanol–water partition coefficient (Wildman–Crippen LogP) is 3.85. The number of fused-ring (bicyclic) bond motifs is 1. The highest BCUT2D eigenvalue weighted by Gasteiger charge is 2.45. The highest BCUT2D eigenvalue weighted by Crippen LogP contribution is 2.51. The van der Waals surface area contributed by atoms with Gasteiger partial charge in [0.25, 0.3) is 0 Å². The molecule has 2 aliphatic heterocycles. The molecule has 0 amide bonds. The molecule has 2 aromatic rings. The van der Waals surface area contributed by atoms with Crippen LogP contribution in [-0.4, -0.2) is 62.9 Å². The van der Waals surface area contributed by atoms with Crippen molar-refractivity contribution in [1.82, 2.24) is 4.90 Å². The van der Waals surface area contributed by atoms with E-state index in [0.717, 1.165) is 56.8 Å². The van der Waals surface area contributed by atoms with Gasteiger partial charge in [0.2, 0.25) is 0 Å². The minimum absolute atomic E-state index is 0.0537. The number of carbonyl (C=O) groups is 1. The number of esters is 1. The Balaban J connectivity index is 1.42. The average molecular weight is 451 g/mol. The number of benzene rings is 2. The lowest BCUT2D eigenvalue weighted by atomic mass is 9.93. The second-order valence-electron chi connectivity index (χ2n) is 9.60. The summed E-state index contributed by atoms with van der Waals surface area (Å²) >= 11 is 0. The minimum Gasteiger partial charge on any atom is -0.493 e. The molecule has 1 spiro atoms. The van der Waals surface area contributed by atoms with E-state index in [4.69, 9.17) is 14.2 Å². The molecule has 6 heteroatoms. The summed E-state index contributed by atoms with van der Waals surface area (Å²) in [6, 6.07) is 15.0. The van der Waals surface area contributed by atoms with Crippen molar-refractivity contribution in [2.45, 2.75) is 50.2 Å². The second kappa shape index (κ2) is 9.26. The first-order chi connectivity index (χ1) is 16.1. The summed E-state index contributed by atoms with van der Waals surface area (Å²) < 4.78 is 17.2. The molecule has 1 aliphatic carbocycles. The molecule has 2 heterocycles. The number of carbonyl (C=O) groups excluding carboxylic acids is 1. The van der Waals surface area contributed by atoms with Gasteiger partial charge >= 0.3 is 5.97 Å². The van der Waals surface area contributed by atoms with Crippen molar-refractivity contribution in [2.24, 2.45) is 0 Å². The number of ether oxygens (including phenoxy) is 3. The van der Waals surface area contributed by atoms with Gasteiger partial charge < -0.3 is 19.1 Å². The van der Waals surface area contributed by atoms with Crippen LogP contribution in [0.25, 0.3) is 0 Å². The quantitative estimate of drug-likeness (QED) is 0.623. The number of hydrogen-bond acceptors (Lipinski definition) is 6. The molecule has 176 valence electrons. The Kier molecular flexibility index (Phi) is 6.19. The molecule has 1 saturated carbocycles. The number of methoxy groups -OCH3 is 2. The Morgan fingerprint density at radius 2 is 1.88 bits per heavy atom. The number of hydrogen-bond donors (Lipinski definition) is 0. The van der Waals surface area contributed by atoms with E-state index in [1.54, 1.807) is 7.11 Å². The van der Waals surface area contributed by atoms with Crippen LogP contribution in [0.2, 0.25) is 0 Å². The van der Waals surface area contributed by atoms with E-state index in [1.807, 2.05) is 6.07 Å². The molecule has 1 saturated heterocycles. The molecule has 0 bridgehead atoms. The zero-order chi connectivity index (χ0) is 22.8. The minimum atomic E-state index is -0.177. The molecule has 2 fully saturated rings. The van der Waals surface area contributed by atoms with E-state index in [0.29, 0.717) is 6.54 Å². The van der Waals surface area contributed by atoms with Gasteiger partial charge in [-0.25, -0.2) is 0 Å². The van der Waals surface area contributed by atoms with Gasteiger partial charge in [0.15, 0.2) is 11.5 Å². The zero-order valence-electron chi connectivity index (χ0n) is 19.7. The Morgan fingerprint density at radius 1 is 1.09 bits per heavy atom. The Morgan fingerprint density at radius 3 is 2.61 bits per heavy atom. The fourth-order valence-electron chi connectivity index (χ4n) is 5.84. The normalized spacial score (nSPS) is 21.6.